The molecule has 1 aliphatic rings. The van der Waals surface area contributed by atoms with Gasteiger partial charge in [0.05, 0.1) is 19.3 Å². The van der Waals surface area contributed by atoms with Crippen LogP contribution in [0.3, 0.4) is 0 Å². The molecule has 72 valence electrons. The number of hydrogen-bond acceptors (Lipinski definition) is 3. The Balaban J connectivity index is 2.32. The van der Waals surface area contributed by atoms with E-state index in [-0.39, 0.29) is 11.5 Å². The first-order valence-corrected chi connectivity index (χ1v) is 4.71. The smallest absolute Gasteiger partial charge is 0.0641 e. The predicted molar refractivity (Wildman–Crippen MR) is 47.8 cm³/mol. The molecular weight excluding hydrogens is 154 g/mol. The van der Waals surface area contributed by atoms with Gasteiger partial charge in [0, 0.05) is 5.41 Å². The van der Waals surface area contributed by atoms with Crippen LogP contribution in [0.25, 0.3) is 0 Å². The Kier molecular flexibility index (Phi) is 3.50. The fraction of sp³-hybridized carbons (Fsp3) is 1.00. The molecule has 3 nitrogen and oxygen atoms in total. The maximum atomic E-state index is 9.82. The first-order chi connectivity index (χ1) is 5.75. The van der Waals surface area contributed by atoms with Crippen LogP contribution in [0.2, 0.25) is 0 Å². The summed E-state index contributed by atoms with van der Waals surface area (Å²) in [5.74, 6) is 0. The van der Waals surface area contributed by atoms with Gasteiger partial charge in [-0.05, 0) is 25.8 Å². The molecule has 1 fully saturated rings. The first-order valence-electron chi connectivity index (χ1n) is 4.71. The summed E-state index contributed by atoms with van der Waals surface area (Å²) < 4.78 is 5.14. The van der Waals surface area contributed by atoms with Crippen LogP contribution < -0.4 is 5.73 Å². The Morgan fingerprint density at radius 1 is 1.58 bits per heavy atom. The second kappa shape index (κ2) is 4.21. The monoisotopic (exact) mass is 173 g/mol. The summed E-state index contributed by atoms with van der Waals surface area (Å²) in [5.41, 5.74) is 5.43. The van der Waals surface area contributed by atoms with Crippen molar-refractivity contribution in [2.24, 2.45) is 11.1 Å². The molecule has 0 saturated carbocycles. The Bertz CT molecular complexity index is 129. The summed E-state index contributed by atoms with van der Waals surface area (Å²) in [7, 11) is 0. The molecule has 0 aliphatic carbocycles. The molecule has 0 aromatic rings. The number of ether oxygens (including phenoxy) is 1. The van der Waals surface area contributed by atoms with Crippen molar-refractivity contribution >= 4 is 0 Å². The summed E-state index contributed by atoms with van der Waals surface area (Å²) >= 11 is 0. The highest BCUT2D eigenvalue weighted by atomic mass is 16.5. The highest BCUT2D eigenvalue weighted by molar-refractivity contribution is 4.90. The molecule has 1 atom stereocenters. The summed E-state index contributed by atoms with van der Waals surface area (Å²) in [5, 5.41) is 9.82. The van der Waals surface area contributed by atoms with E-state index in [1.165, 1.54) is 0 Å². The molecule has 1 aliphatic heterocycles. The minimum atomic E-state index is -0.222. The molecule has 0 aromatic carbocycles. The van der Waals surface area contributed by atoms with Gasteiger partial charge in [-0.2, -0.15) is 0 Å². The fourth-order valence-corrected chi connectivity index (χ4v) is 1.61. The van der Waals surface area contributed by atoms with Crippen LogP contribution in [0.15, 0.2) is 0 Å². The Labute approximate surface area is 73.9 Å². The van der Waals surface area contributed by atoms with Crippen molar-refractivity contribution in [3.05, 3.63) is 0 Å². The lowest BCUT2D eigenvalue weighted by Gasteiger charge is -2.44. The van der Waals surface area contributed by atoms with Gasteiger partial charge >= 0.3 is 0 Å². The lowest BCUT2D eigenvalue weighted by Crippen LogP contribution is -2.51. The fourth-order valence-electron chi connectivity index (χ4n) is 1.61. The largest absolute Gasteiger partial charge is 0.392 e. The normalized spacial score (nSPS) is 23.2. The van der Waals surface area contributed by atoms with E-state index in [1.54, 1.807) is 0 Å². The number of rotatable bonds is 5. The zero-order valence-corrected chi connectivity index (χ0v) is 7.75. The van der Waals surface area contributed by atoms with E-state index in [9.17, 15) is 5.11 Å². The van der Waals surface area contributed by atoms with E-state index in [0.29, 0.717) is 6.54 Å². The van der Waals surface area contributed by atoms with E-state index >= 15 is 0 Å². The molecule has 3 heteroatoms. The number of aliphatic hydroxyl groups excluding tert-OH is 1. The van der Waals surface area contributed by atoms with E-state index in [2.05, 4.69) is 6.92 Å². The molecule has 1 rings (SSSR count). The first kappa shape index (κ1) is 9.96. The molecule has 3 N–H and O–H groups in total. The quantitative estimate of drug-likeness (QED) is 0.637. The van der Waals surface area contributed by atoms with Crippen molar-refractivity contribution < 1.29 is 9.84 Å². The van der Waals surface area contributed by atoms with Gasteiger partial charge in [0.2, 0.25) is 0 Å². The second-order valence-electron chi connectivity index (χ2n) is 3.66. The molecular formula is C9H19NO2. The van der Waals surface area contributed by atoms with Crippen molar-refractivity contribution in [1.29, 1.82) is 0 Å². The minimum Gasteiger partial charge on any atom is -0.392 e. The van der Waals surface area contributed by atoms with Gasteiger partial charge in [-0.3, -0.25) is 0 Å². The van der Waals surface area contributed by atoms with Gasteiger partial charge < -0.3 is 15.6 Å². The average Bonchev–Trinajstić information content (AvgIpc) is 2.00. The maximum absolute atomic E-state index is 9.82. The van der Waals surface area contributed by atoms with Gasteiger partial charge in [0.15, 0.2) is 0 Å². The topological polar surface area (TPSA) is 55.5 Å². The van der Waals surface area contributed by atoms with Crippen molar-refractivity contribution in [3.8, 4) is 0 Å². The Morgan fingerprint density at radius 3 is 2.58 bits per heavy atom. The highest BCUT2D eigenvalue weighted by Crippen LogP contribution is 2.36. The molecule has 0 bridgehead atoms. The summed E-state index contributed by atoms with van der Waals surface area (Å²) in [6, 6.07) is 0. The van der Waals surface area contributed by atoms with Gasteiger partial charge in [0.25, 0.3) is 0 Å². The third kappa shape index (κ3) is 1.79. The minimum absolute atomic E-state index is 0.0508. The Morgan fingerprint density at radius 2 is 2.25 bits per heavy atom. The van der Waals surface area contributed by atoms with Crippen LogP contribution in [-0.4, -0.2) is 31.0 Å². The number of hydrogen-bond donors (Lipinski definition) is 2. The summed E-state index contributed by atoms with van der Waals surface area (Å²) in [6.45, 7) is 4.20. The maximum Gasteiger partial charge on any atom is 0.0641 e. The third-order valence-corrected chi connectivity index (χ3v) is 2.87. The van der Waals surface area contributed by atoms with Crippen molar-refractivity contribution in [3.63, 3.8) is 0 Å². The Hall–Kier alpha value is -0.120. The van der Waals surface area contributed by atoms with Gasteiger partial charge in [-0.25, -0.2) is 0 Å². The molecule has 0 aromatic heterocycles. The molecule has 0 amide bonds. The zero-order valence-electron chi connectivity index (χ0n) is 7.75. The van der Waals surface area contributed by atoms with Crippen LogP contribution in [0.5, 0.6) is 0 Å². The lowest BCUT2D eigenvalue weighted by atomic mass is 9.76. The van der Waals surface area contributed by atoms with Crippen LogP contribution in [0, 0.1) is 5.41 Å². The third-order valence-electron chi connectivity index (χ3n) is 2.87. The van der Waals surface area contributed by atoms with Gasteiger partial charge in [-0.15, -0.1) is 0 Å². The molecule has 12 heavy (non-hydrogen) atoms. The zero-order chi connectivity index (χ0) is 9.03. The van der Waals surface area contributed by atoms with Crippen molar-refractivity contribution in [2.45, 2.75) is 32.3 Å². The van der Waals surface area contributed by atoms with Crippen molar-refractivity contribution in [2.75, 3.05) is 19.8 Å². The summed E-state index contributed by atoms with van der Waals surface area (Å²) in [4.78, 5) is 0. The van der Waals surface area contributed by atoms with Gasteiger partial charge in [0.1, 0.15) is 0 Å². The van der Waals surface area contributed by atoms with E-state index in [4.69, 9.17) is 10.5 Å². The van der Waals surface area contributed by atoms with Crippen LogP contribution >= 0.6 is 0 Å². The number of aliphatic hydroxyl groups is 1. The number of nitrogens with two attached hydrogens (primary N) is 1. The van der Waals surface area contributed by atoms with Crippen LogP contribution in [0.1, 0.15) is 26.2 Å². The average molecular weight is 173 g/mol. The molecule has 0 spiro atoms. The lowest BCUT2D eigenvalue weighted by molar-refractivity contribution is -0.174. The predicted octanol–water partition coefficient (Wildman–Crippen LogP) is 0.513. The van der Waals surface area contributed by atoms with Gasteiger partial charge in [-0.1, -0.05) is 6.92 Å². The molecule has 1 heterocycles. The van der Waals surface area contributed by atoms with Crippen LogP contribution in [-0.2, 0) is 4.74 Å². The van der Waals surface area contributed by atoms with E-state index in [1.807, 2.05) is 0 Å². The van der Waals surface area contributed by atoms with Crippen molar-refractivity contribution in [1.82, 2.24) is 0 Å². The van der Waals surface area contributed by atoms with Crippen LogP contribution in [0.4, 0.5) is 0 Å². The summed E-state index contributed by atoms with van der Waals surface area (Å²) in [6.07, 6.45) is 2.50. The molecule has 1 saturated heterocycles. The second-order valence-corrected chi connectivity index (χ2v) is 3.66. The standard InChI is InChI=1S/C9H19NO2/c1-2-9(6-12-7-9)8(11)4-3-5-10/h8,11H,2-7,10H2,1H3. The highest BCUT2D eigenvalue weighted by Gasteiger charge is 2.42. The SMILES string of the molecule is CCC1(C(O)CCCN)COC1. The van der Waals surface area contributed by atoms with E-state index < -0.39 is 0 Å². The van der Waals surface area contributed by atoms with E-state index in [0.717, 1.165) is 32.5 Å². The molecule has 0 radical (unpaired) electrons. The molecule has 1 unspecified atom stereocenters.